The molecule has 2 bridgehead atoms. The smallest absolute Gasteiger partial charge is 0.162 e. The van der Waals surface area contributed by atoms with Crippen molar-refractivity contribution in [3.05, 3.63) is 82.9 Å². The summed E-state index contributed by atoms with van der Waals surface area (Å²) in [4.78, 5) is 2.59. The number of piperidine rings is 1. The van der Waals surface area contributed by atoms with E-state index in [9.17, 15) is 8.78 Å². The van der Waals surface area contributed by atoms with Crippen LogP contribution in [0.5, 0.6) is 0 Å². The molecule has 4 rings (SSSR count). The largest absolute Gasteiger partial charge is 0.289 e. The van der Waals surface area contributed by atoms with Crippen molar-refractivity contribution in [2.45, 2.75) is 50.7 Å². The third-order valence-electron chi connectivity index (χ3n) is 5.52. The summed E-state index contributed by atoms with van der Waals surface area (Å²) in [6.45, 7) is 0.967. The summed E-state index contributed by atoms with van der Waals surface area (Å²) < 4.78 is 27.5. The molecule has 2 aromatic rings. The van der Waals surface area contributed by atoms with E-state index in [0.29, 0.717) is 24.1 Å². The molecule has 0 aromatic heterocycles. The second kappa shape index (κ2) is 7.09. The first kappa shape index (κ1) is 16.5. The van der Waals surface area contributed by atoms with Crippen molar-refractivity contribution < 1.29 is 8.78 Å². The fraction of sp³-hybridized carbons (Fsp3) is 0.364. The van der Waals surface area contributed by atoms with E-state index >= 15 is 0 Å². The van der Waals surface area contributed by atoms with Crippen LogP contribution in [0.25, 0.3) is 0 Å². The van der Waals surface area contributed by atoms with E-state index in [1.807, 2.05) is 6.07 Å². The highest BCUT2D eigenvalue weighted by atomic mass is 19.2. The highest BCUT2D eigenvalue weighted by Gasteiger charge is 2.33. The highest BCUT2D eigenvalue weighted by Crippen LogP contribution is 2.35. The van der Waals surface area contributed by atoms with Gasteiger partial charge < -0.3 is 0 Å². The molecule has 3 heteroatoms. The van der Waals surface area contributed by atoms with Crippen LogP contribution in [0.2, 0.25) is 0 Å². The summed E-state index contributed by atoms with van der Waals surface area (Å²) in [7, 11) is 0. The Morgan fingerprint density at radius 3 is 2.60 bits per heavy atom. The molecular formula is C22H23F2N. The van der Waals surface area contributed by atoms with Crippen LogP contribution in [0, 0.1) is 11.6 Å². The first-order valence-electron chi connectivity index (χ1n) is 9.13. The van der Waals surface area contributed by atoms with Gasteiger partial charge in [-0.05, 0) is 42.9 Å². The number of fused-ring (bicyclic) bond motifs is 2. The van der Waals surface area contributed by atoms with E-state index in [0.717, 1.165) is 19.4 Å². The fourth-order valence-electron chi connectivity index (χ4n) is 4.31. The SMILES string of the molecule is Fc1cccc(CC2=CC3CCCC(C2)N3Cc2ccccc2)c1F. The van der Waals surface area contributed by atoms with E-state index in [4.69, 9.17) is 0 Å². The molecule has 2 aliphatic heterocycles. The van der Waals surface area contributed by atoms with E-state index < -0.39 is 11.6 Å². The van der Waals surface area contributed by atoms with Gasteiger partial charge in [0.2, 0.25) is 0 Å². The normalized spacial score (nSPS) is 23.4. The minimum Gasteiger partial charge on any atom is -0.289 e. The summed E-state index contributed by atoms with van der Waals surface area (Å²) in [6, 6.07) is 16.0. The van der Waals surface area contributed by atoms with Gasteiger partial charge in [-0.15, -0.1) is 0 Å². The number of nitrogens with zero attached hydrogens (tertiary/aromatic N) is 1. The molecule has 2 unspecified atom stereocenters. The van der Waals surface area contributed by atoms with Gasteiger partial charge in [0, 0.05) is 18.6 Å². The van der Waals surface area contributed by atoms with Gasteiger partial charge in [-0.3, -0.25) is 4.90 Å². The van der Waals surface area contributed by atoms with Gasteiger partial charge in [0.1, 0.15) is 0 Å². The zero-order chi connectivity index (χ0) is 17.2. The predicted molar refractivity (Wildman–Crippen MR) is 96.2 cm³/mol. The minimum absolute atomic E-state index is 0.416. The average molecular weight is 339 g/mol. The van der Waals surface area contributed by atoms with Crippen molar-refractivity contribution in [1.82, 2.24) is 4.90 Å². The lowest BCUT2D eigenvalue weighted by Crippen LogP contribution is -2.48. The highest BCUT2D eigenvalue weighted by molar-refractivity contribution is 5.28. The Morgan fingerprint density at radius 2 is 1.80 bits per heavy atom. The van der Waals surface area contributed by atoms with Crippen molar-refractivity contribution in [3.63, 3.8) is 0 Å². The molecule has 0 radical (unpaired) electrons. The second-order valence-electron chi connectivity index (χ2n) is 7.23. The molecule has 0 spiro atoms. The molecule has 2 aliphatic rings. The second-order valence-corrected chi connectivity index (χ2v) is 7.23. The van der Waals surface area contributed by atoms with E-state index in [2.05, 4.69) is 35.2 Å². The lowest BCUT2D eigenvalue weighted by Gasteiger charge is -2.45. The number of benzene rings is 2. The topological polar surface area (TPSA) is 3.24 Å². The standard InChI is InChI=1S/C22H23F2N/c23-21-11-4-8-18(22(21)24)12-17-13-19-9-5-10-20(14-17)25(19)15-16-6-2-1-3-7-16/h1-4,6-8,11,13,19-20H,5,9-10,12,14-15H2. The molecule has 130 valence electrons. The molecule has 0 saturated carbocycles. The summed E-state index contributed by atoms with van der Waals surface area (Å²) in [5, 5.41) is 0. The van der Waals surface area contributed by atoms with Crippen LogP contribution >= 0.6 is 0 Å². The maximum Gasteiger partial charge on any atom is 0.162 e. The molecule has 2 aromatic carbocycles. The molecule has 1 fully saturated rings. The van der Waals surface area contributed by atoms with Crippen molar-refractivity contribution in [2.24, 2.45) is 0 Å². The third-order valence-corrected chi connectivity index (χ3v) is 5.52. The van der Waals surface area contributed by atoms with E-state index in [1.165, 1.54) is 30.0 Å². The van der Waals surface area contributed by atoms with Crippen molar-refractivity contribution in [1.29, 1.82) is 0 Å². The molecular weight excluding hydrogens is 316 g/mol. The van der Waals surface area contributed by atoms with Gasteiger partial charge in [0.25, 0.3) is 0 Å². The van der Waals surface area contributed by atoms with Gasteiger partial charge in [-0.25, -0.2) is 8.78 Å². The molecule has 0 amide bonds. The lowest BCUT2D eigenvalue weighted by atomic mass is 9.83. The number of hydrogen-bond acceptors (Lipinski definition) is 1. The van der Waals surface area contributed by atoms with Gasteiger partial charge >= 0.3 is 0 Å². The van der Waals surface area contributed by atoms with Crippen LogP contribution in [0.15, 0.2) is 60.2 Å². The Kier molecular flexibility index (Phi) is 4.67. The number of hydrogen-bond donors (Lipinski definition) is 0. The zero-order valence-corrected chi connectivity index (χ0v) is 14.3. The number of rotatable bonds is 4. The first-order valence-corrected chi connectivity index (χ1v) is 9.13. The monoisotopic (exact) mass is 339 g/mol. The Morgan fingerprint density at radius 1 is 0.960 bits per heavy atom. The van der Waals surface area contributed by atoms with Gasteiger partial charge in [-0.1, -0.05) is 60.5 Å². The molecule has 1 nitrogen and oxygen atoms in total. The molecule has 0 aliphatic carbocycles. The Bertz CT molecular complexity index is 769. The van der Waals surface area contributed by atoms with Crippen LogP contribution in [0.4, 0.5) is 8.78 Å². The summed E-state index contributed by atoms with van der Waals surface area (Å²) >= 11 is 0. The van der Waals surface area contributed by atoms with Crippen molar-refractivity contribution in [3.8, 4) is 0 Å². The predicted octanol–water partition coefficient (Wildman–Crippen LogP) is 5.26. The quantitative estimate of drug-likeness (QED) is 0.687. The summed E-state index contributed by atoms with van der Waals surface area (Å²) in [6.07, 6.45) is 7.38. The van der Waals surface area contributed by atoms with E-state index in [1.54, 1.807) is 12.1 Å². The summed E-state index contributed by atoms with van der Waals surface area (Å²) in [5.74, 6) is -1.44. The van der Waals surface area contributed by atoms with Crippen molar-refractivity contribution in [2.75, 3.05) is 0 Å². The molecule has 0 N–H and O–H groups in total. The maximum atomic E-state index is 14.0. The van der Waals surface area contributed by atoms with Gasteiger partial charge in [0.15, 0.2) is 11.6 Å². The third kappa shape index (κ3) is 3.52. The van der Waals surface area contributed by atoms with Crippen LogP contribution in [-0.2, 0) is 13.0 Å². The molecule has 25 heavy (non-hydrogen) atoms. The Balaban J connectivity index is 1.54. The molecule has 2 heterocycles. The minimum atomic E-state index is -0.750. The Labute approximate surface area is 148 Å². The van der Waals surface area contributed by atoms with Crippen molar-refractivity contribution >= 4 is 0 Å². The van der Waals surface area contributed by atoms with Crippen LogP contribution in [0.1, 0.15) is 36.8 Å². The molecule has 1 saturated heterocycles. The summed E-state index contributed by atoms with van der Waals surface area (Å²) in [5.41, 5.74) is 3.07. The van der Waals surface area contributed by atoms with E-state index in [-0.39, 0.29) is 0 Å². The van der Waals surface area contributed by atoms with Crippen LogP contribution in [0.3, 0.4) is 0 Å². The lowest BCUT2D eigenvalue weighted by molar-refractivity contribution is 0.0880. The average Bonchev–Trinajstić information content (AvgIpc) is 2.60. The van der Waals surface area contributed by atoms with Gasteiger partial charge in [0.05, 0.1) is 0 Å². The maximum absolute atomic E-state index is 14.0. The first-order chi connectivity index (χ1) is 12.2. The van der Waals surface area contributed by atoms with Crippen LogP contribution < -0.4 is 0 Å². The van der Waals surface area contributed by atoms with Gasteiger partial charge in [-0.2, -0.15) is 0 Å². The Hall–Kier alpha value is -2.00. The number of halogens is 2. The molecule has 2 atom stereocenters. The van der Waals surface area contributed by atoms with Crippen LogP contribution in [-0.4, -0.2) is 17.0 Å². The fourth-order valence-corrected chi connectivity index (χ4v) is 4.31. The zero-order valence-electron chi connectivity index (χ0n) is 14.3.